The molecule has 0 spiro atoms. The Balaban J connectivity index is 1.38. The van der Waals surface area contributed by atoms with Gasteiger partial charge in [0, 0.05) is 19.0 Å². The highest BCUT2D eigenvalue weighted by atomic mass is 16.5. The Hall–Kier alpha value is -4.13. The van der Waals surface area contributed by atoms with E-state index >= 15 is 0 Å². The molecule has 0 bridgehead atoms. The van der Waals surface area contributed by atoms with Crippen LogP contribution in [0.2, 0.25) is 0 Å². The molecule has 2 atom stereocenters. The minimum atomic E-state index is -1.11. The molecule has 2 unspecified atom stereocenters. The van der Waals surface area contributed by atoms with Gasteiger partial charge in [0.25, 0.3) is 0 Å². The summed E-state index contributed by atoms with van der Waals surface area (Å²) in [7, 11) is 1.53. The molecule has 1 aliphatic carbocycles. The summed E-state index contributed by atoms with van der Waals surface area (Å²) < 4.78 is 5.58. The normalized spacial score (nSPS) is 13.8. The first-order valence-electron chi connectivity index (χ1n) is 11.5. The third kappa shape index (κ3) is 4.75. The molecular formula is C28H28N2O5. The van der Waals surface area contributed by atoms with Crippen LogP contribution in [0.25, 0.3) is 11.1 Å². The molecule has 1 aliphatic rings. The van der Waals surface area contributed by atoms with Gasteiger partial charge in [-0.25, -0.2) is 9.59 Å². The Morgan fingerprint density at radius 3 is 2.06 bits per heavy atom. The number of carbonyl (C=O) groups excluding carboxylic acids is 2. The summed E-state index contributed by atoms with van der Waals surface area (Å²) in [5.74, 6) is -2.09. The Morgan fingerprint density at radius 2 is 1.46 bits per heavy atom. The van der Waals surface area contributed by atoms with E-state index in [-0.39, 0.29) is 24.0 Å². The van der Waals surface area contributed by atoms with E-state index in [1.54, 1.807) is 32.0 Å². The number of carbonyl (C=O) groups is 3. The number of alkyl carbamates (subject to hydrolysis) is 1. The number of nitrogens with one attached hydrogen (secondary N) is 1. The largest absolute Gasteiger partial charge is 0.478 e. The fourth-order valence-electron chi connectivity index (χ4n) is 4.54. The lowest BCUT2D eigenvalue weighted by Crippen LogP contribution is -2.45. The first-order valence-corrected chi connectivity index (χ1v) is 11.5. The highest BCUT2D eigenvalue weighted by Crippen LogP contribution is 2.44. The minimum Gasteiger partial charge on any atom is -0.478 e. The fourth-order valence-corrected chi connectivity index (χ4v) is 4.54. The molecule has 2 N–H and O–H groups in total. The molecule has 35 heavy (non-hydrogen) atoms. The van der Waals surface area contributed by atoms with Crippen LogP contribution < -0.4 is 10.2 Å². The number of fused-ring (bicyclic) bond motifs is 3. The van der Waals surface area contributed by atoms with Crippen molar-refractivity contribution >= 4 is 23.7 Å². The van der Waals surface area contributed by atoms with E-state index in [0.717, 1.165) is 22.3 Å². The predicted octanol–water partition coefficient (Wildman–Crippen LogP) is 4.91. The van der Waals surface area contributed by atoms with Crippen LogP contribution in [0.5, 0.6) is 0 Å². The quantitative estimate of drug-likeness (QED) is 0.509. The molecule has 180 valence electrons. The van der Waals surface area contributed by atoms with Crippen molar-refractivity contribution in [1.29, 1.82) is 0 Å². The number of carboxylic acid groups (broad SMARTS) is 1. The van der Waals surface area contributed by atoms with E-state index in [1.165, 1.54) is 18.0 Å². The molecule has 0 aromatic heterocycles. The van der Waals surface area contributed by atoms with Gasteiger partial charge in [0.2, 0.25) is 5.91 Å². The molecule has 0 radical (unpaired) electrons. The third-order valence-corrected chi connectivity index (χ3v) is 6.66. The van der Waals surface area contributed by atoms with Crippen LogP contribution in [-0.4, -0.2) is 42.8 Å². The second-order valence-corrected chi connectivity index (χ2v) is 8.77. The zero-order valence-corrected chi connectivity index (χ0v) is 19.9. The lowest BCUT2D eigenvalue weighted by atomic mass is 9.98. The molecular weight excluding hydrogens is 444 g/mol. The molecule has 0 aliphatic heterocycles. The van der Waals surface area contributed by atoms with Crippen molar-refractivity contribution in [3.63, 3.8) is 0 Å². The van der Waals surface area contributed by atoms with Crippen LogP contribution in [0.15, 0.2) is 72.8 Å². The molecule has 0 fully saturated rings. The molecule has 0 heterocycles. The van der Waals surface area contributed by atoms with Crippen molar-refractivity contribution < 1.29 is 24.2 Å². The second-order valence-electron chi connectivity index (χ2n) is 8.77. The monoisotopic (exact) mass is 472 g/mol. The number of amides is 2. The first kappa shape index (κ1) is 24.0. The number of hydrogen-bond acceptors (Lipinski definition) is 4. The summed E-state index contributed by atoms with van der Waals surface area (Å²) in [6.07, 6.45) is -0.604. The van der Waals surface area contributed by atoms with Crippen molar-refractivity contribution in [3.8, 4) is 11.1 Å². The first-order chi connectivity index (χ1) is 16.8. The summed E-state index contributed by atoms with van der Waals surface area (Å²) in [5, 5.41) is 12.2. The molecule has 7 nitrogen and oxygen atoms in total. The number of nitrogens with zero attached hydrogens (tertiary/aromatic N) is 1. The van der Waals surface area contributed by atoms with Crippen LogP contribution in [0.1, 0.15) is 41.3 Å². The van der Waals surface area contributed by atoms with Gasteiger partial charge >= 0.3 is 12.1 Å². The number of hydrogen-bond donors (Lipinski definition) is 2. The minimum absolute atomic E-state index is 0.0349. The van der Waals surface area contributed by atoms with Crippen molar-refractivity contribution in [2.45, 2.75) is 25.8 Å². The van der Waals surface area contributed by atoms with Crippen LogP contribution in [0.3, 0.4) is 0 Å². The number of ether oxygens (including phenoxy) is 1. The number of carboxylic acids is 1. The summed E-state index contributed by atoms with van der Waals surface area (Å²) in [6, 6.07) is 22.0. The van der Waals surface area contributed by atoms with E-state index in [4.69, 9.17) is 4.74 Å². The maximum atomic E-state index is 13.0. The molecule has 2 amide bonds. The van der Waals surface area contributed by atoms with Gasteiger partial charge in [-0.05, 0) is 41.3 Å². The predicted molar refractivity (Wildman–Crippen MR) is 134 cm³/mol. The lowest BCUT2D eigenvalue weighted by Gasteiger charge is -2.27. The number of aromatic carboxylic acids is 1. The smallest absolute Gasteiger partial charge is 0.407 e. The number of benzene rings is 3. The molecule has 4 rings (SSSR count). The molecule has 3 aromatic rings. The average molecular weight is 473 g/mol. The van der Waals surface area contributed by atoms with E-state index in [9.17, 15) is 19.5 Å². The standard InChI is InChI=1S/C28H28N2O5/c1-17(26(31)30(3)25-15-9-8-14-23(25)27(32)33)18(2)29-28(34)35-16-24-21-12-6-4-10-19(21)20-11-5-7-13-22(20)24/h4-15,17-18,24H,16H2,1-3H3,(H,29,34)(H,32,33). The fraction of sp³-hybridized carbons (Fsp3) is 0.250. The van der Waals surface area contributed by atoms with Gasteiger partial charge < -0.3 is 20.1 Å². The van der Waals surface area contributed by atoms with E-state index in [2.05, 4.69) is 29.6 Å². The zero-order valence-electron chi connectivity index (χ0n) is 19.9. The van der Waals surface area contributed by atoms with Crippen molar-refractivity contribution in [2.24, 2.45) is 5.92 Å². The summed E-state index contributed by atoms with van der Waals surface area (Å²) in [5.41, 5.74) is 4.87. The van der Waals surface area contributed by atoms with Gasteiger partial charge in [-0.1, -0.05) is 67.6 Å². The molecule has 3 aromatic carbocycles. The number of anilines is 1. The van der Waals surface area contributed by atoms with Crippen LogP contribution in [0.4, 0.5) is 10.5 Å². The topological polar surface area (TPSA) is 95.9 Å². The third-order valence-electron chi connectivity index (χ3n) is 6.66. The Kier molecular flexibility index (Phi) is 6.87. The highest BCUT2D eigenvalue weighted by Gasteiger charge is 2.30. The molecule has 7 heteroatoms. The van der Waals surface area contributed by atoms with Gasteiger partial charge in [-0.2, -0.15) is 0 Å². The second kappa shape index (κ2) is 10.0. The SMILES string of the molecule is CC(NC(=O)OCC1c2ccccc2-c2ccccc21)C(C)C(=O)N(C)c1ccccc1C(=O)O. The van der Waals surface area contributed by atoms with Gasteiger partial charge in [-0.15, -0.1) is 0 Å². The van der Waals surface area contributed by atoms with Crippen molar-refractivity contribution in [2.75, 3.05) is 18.6 Å². The maximum absolute atomic E-state index is 13.0. The van der Waals surface area contributed by atoms with Crippen molar-refractivity contribution in [3.05, 3.63) is 89.5 Å². The van der Waals surface area contributed by atoms with Crippen LogP contribution in [0, 0.1) is 5.92 Å². The number of rotatable bonds is 7. The average Bonchev–Trinajstić information content (AvgIpc) is 3.19. The van der Waals surface area contributed by atoms with E-state index < -0.39 is 24.0 Å². The Bertz CT molecular complexity index is 1230. The van der Waals surface area contributed by atoms with Gasteiger partial charge in [0.15, 0.2) is 0 Å². The molecule has 0 saturated heterocycles. The lowest BCUT2D eigenvalue weighted by molar-refractivity contribution is -0.122. The van der Waals surface area contributed by atoms with Crippen LogP contribution in [-0.2, 0) is 9.53 Å². The van der Waals surface area contributed by atoms with Crippen molar-refractivity contribution in [1.82, 2.24) is 5.32 Å². The summed E-state index contributed by atoms with van der Waals surface area (Å²) in [6.45, 7) is 3.60. The zero-order chi connectivity index (χ0) is 25.1. The van der Waals surface area contributed by atoms with E-state index in [0.29, 0.717) is 5.69 Å². The highest BCUT2D eigenvalue weighted by molar-refractivity contribution is 6.02. The van der Waals surface area contributed by atoms with Gasteiger partial charge in [0.05, 0.1) is 17.2 Å². The maximum Gasteiger partial charge on any atom is 0.407 e. The van der Waals surface area contributed by atoms with E-state index in [1.807, 2.05) is 24.3 Å². The Labute approximate surface area is 204 Å². The summed E-state index contributed by atoms with van der Waals surface area (Å²) >= 11 is 0. The van der Waals surface area contributed by atoms with Gasteiger partial charge in [-0.3, -0.25) is 4.79 Å². The number of para-hydroxylation sites is 1. The Morgan fingerprint density at radius 1 is 0.914 bits per heavy atom. The molecule has 0 saturated carbocycles. The van der Waals surface area contributed by atoms with Crippen LogP contribution >= 0.6 is 0 Å². The summed E-state index contributed by atoms with van der Waals surface area (Å²) in [4.78, 5) is 38.5. The van der Waals surface area contributed by atoms with Gasteiger partial charge in [0.1, 0.15) is 6.61 Å².